The lowest BCUT2D eigenvalue weighted by Crippen LogP contribution is -2.44. The second-order valence-corrected chi connectivity index (χ2v) is 9.43. The number of pyridine rings is 1. The second-order valence-electron chi connectivity index (χ2n) is 8.99. The summed E-state index contributed by atoms with van der Waals surface area (Å²) in [5.41, 5.74) is 7.45. The van der Waals surface area contributed by atoms with Crippen molar-refractivity contribution in [3.8, 4) is 0 Å². The first-order chi connectivity index (χ1) is 16.4. The van der Waals surface area contributed by atoms with E-state index in [1.54, 1.807) is 25.1 Å². The zero-order valence-corrected chi connectivity index (χ0v) is 20.4. The van der Waals surface area contributed by atoms with E-state index < -0.39 is 0 Å². The van der Waals surface area contributed by atoms with E-state index in [1.165, 1.54) is 0 Å². The summed E-state index contributed by atoms with van der Waals surface area (Å²) in [6.45, 7) is 4.70. The molecule has 4 rings (SSSR count). The summed E-state index contributed by atoms with van der Waals surface area (Å²) in [5.74, 6) is 1.00. The Morgan fingerprint density at radius 2 is 1.85 bits per heavy atom. The Morgan fingerprint density at radius 3 is 2.47 bits per heavy atom. The number of carbonyl (C=O) groups excluding carboxylic acids is 2. The number of hydrogen-bond donors (Lipinski definition) is 1. The third-order valence-electron chi connectivity index (χ3n) is 6.89. The number of ether oxygens (including phenoxy) is 1. The summed E-state index contributed by atoms with van der Waals surface area (Å²) in [7, 11) is 1.75. The minimum absolute atomic E-state index is 0.00492. The van der Waals surface area contributed by atoms with E-state index >= 15 is 0 Å². The maximum Gasteiger partial charge on any atom is 0.409 e. The molecule has 3 heterocycles. The molecule has 0 bridgehead atoms. The first-order valence-corrected chi connectivity index (χ1v) is 12.2. The predicted octanol–water partition coefficient (Wildman–Crippen LogP) is 3.62. The van der Waals surface area contributed by atoms with E-state index in [9.17, 15) is 9.59 Å². The number of piperidine rings is 1. The van der Waals surface area contributed by atoms with Gasteiger partial charge in [0.2, 0.25) is 5.91 Å². The topological polar surface area (TPSA) is 92.0 Å². The zero-order chi connectivity index (χ0) is 24.2. The number of likely N-dealkylation sites (tertiary alicyclic amines) is 1. The van der Waals surface area contributed by atoms with Gasteiger partial charge in [-0.25, -0.2) is 9.78 Å². The van der Waals surface area contributed by atoms with Gasteiger partial charge in [0.1, 0.15) is 5.82 Å². The van der Waals surface area contributed by atoms with Crippen LogP contribution in [0.25, 0.3) is 0 Å². The lowest BCUT2D eigenvalue weighted by atomic mass is 9.93. The van der Waals surface area contributed by atoms with Gasteiger partial charge in [-0.1, -0.05) is 23.7 Å². The molecule has 2 atom stereocenters. The summed E-state index contributed by atoms with van der Waals surface area (Å²) in [4.78, 5) is 36.1. The molecule has 34 heavy (non-hydrogen) atoms. The van der Waals surface area contributed by atoms with Gasteiger partial charge < -0.3 is 25.2 Å². The van der Waals surface area contributed by atoms with Crippen LogP contribution >= 0.6 is 11.6 Å². The lowest BCUT2D eigenvalue weighted by molar-refractivity contribution is -0.135. The van der Waals surface area contributed by atoms with Gasteiger partial charge in [-0.2, -0.15) is 0 Å². The molecule has 8 nitrogen and oxygen atoms in total. The van der Waals surface area contributed by atoms with E-state index in [1.807, 2.05) is 41.3 Å². The molecular formula is C25H32ClN5O3. The highest BCUT2D eigenvalue weighted by Gasteiger charge is 2.42. The van der Waals surface area contributed by atoms with Crippen LogP contribution in [0.1, 0.15) is 31.2 Å². The van der Waals surface area contributed by atoms with Crippen molar-refractivity contribution >= 4 is 35.1 Å². The fourth-order valence-corrected chi connectivity index (χ4v) is 5.08. The summed E-state index contributed by atoms with van der Waals surface area (Å²) in [6, 6.07) is 11.3. The highest BCUT2D eigenvalue weighted by Crippen LogP contribution is 2.34. The van der Waals surface area contributed by atoms with Crippen LogP contribution in [0.15, 0.2) is 42.6 Å². The fourth-order valence-electron chi connectivity index (χ4n) is 4.96. The largest absolute Gasteiger partial charge is 0.450 e. The summed E-state index contributed by atoms with van der Waals surface area (Å²) in [6.07, 6.45) is 2.83. The van der Waals surface area contributed by atoms with E-state index in [2.05, 4.69) is 9.88 Å². The minimum atomic E-state index is -0.370. The van der Waals surface area contributed by atoms with E-state index in [4.69, 9.17) is 22.1 Å². The molecule has 2 aromatic rings. The van der Waals surface area contributed by atoms with Crippen molar-refractivity contribution in [3.05, 3.63) is 53.2 Å². The Labute approximate surface area is 205 Å². The molecule has 0 unspecified atom stereocenters. The number of anilines is 2. The Morgan fingerprint density at radius 1 is 1.15 bits per heavy atom. The van der Waals surface area contributed by atoms with Gasteiger partial charge >= 0.3 is 6.09 Å². The number of carbonyl (C=O) groups is 2. The third kappa shape index (κ3) is 5.22. The number of hydrogen-bond acceptors (Lipinski definition) is 6. The van der Waals surface area contributed by atoms with Crippen LogP contribution in [0.2, 0.25) is 5.02 Å². The van der Waals surface area contributed by atoms with Crippen molar-refractivity contribution in [1.82, 2.24) is 14.8 Å². The highest BCUT2D eigenvalue weighted by atomic mass is 35.5. The van der Waals surface area contributed by atoms with Crippen molar-refractivity contribution in [3.63, 3.8) is 0 Å². The van der Waals surface area contributed by atoms with Gasteiger partial charge in [-0.05, 0) is 49.6 Å². The molecule has 2 aliphatic rings. The molecular weight excluding hydrogens is 454 g/mol. The highest BCUT2D eigenvalue weighted by molar-refractivity contribution is 6.30. The first kappa shape index (κ1) is 24.1. The molecule has 1 aromatic carbocycles. The summed E-state index contributed by atoms with van der Waals surface area (Å²) in [5, 5.41) is 0.660. The fraction of sp³-hybridized carbons (Fsp3) is 0.480. The third-order valence-corrected chi connectivity index (χ3v) is 7.14. The molecule has 2 N–H and O–H groups in total. The quantitative estimate of drug-likeness (QED) is 0.695. The van der Waals surface area contributed by atoms with Gasteiger partial charge in [0, 0.05) is 50.1 Å². The van der Waals surface area contributed by atoms with Gasteiger partial charge in [0.25, 0.3) is 0 Å². The number of nitrogens with two attached hydrogens (primary N) is 1. The minimum Gasteiger partial charge on any atom is -0.450 e. The van der Waals surface area contributed by atoms with Crippen LogP contribution in [-0.2, 0) is 9.53 Å². The van der Waals surface area contributed by atoms with Crippen LogP contribution in [0.5, 0.6) is 0 Å². The van der Waals surface area contributed by atoms with Crippen molar-refractivity contribution in [1.29, 1.82) is 0 Å². The summed E-state index contributed by atoms with van der Waals surface area (Å²) >= 11 is 6.09. The number of nitrogens with zero attached hydrogens (tertiary/aromatic N) is 4. The van der Waals surface area contributed by atoms with Crippen molar-refractivity contribution in [2.75, 3.05) is 50.5 Å². The van der Waals surface area contributed by atoms with Crippen LogP contribution in [0.4, 0.5) is 16.3 Å². The van der Waals surface area contributed by atoms with E-state index in [0.717, 1.165) is 37.3 Å². The molecule has 0 aliphatic carbocycles. The molecule has 9 heteroatoms. The Bertz CT molecular complexity index is 993. The number of nitrogen functional groups attached to an aromatic ring is 1. The zero-order valence-electron chi connectivity index (χ0n) is 19.7. The smallest absolute Gasteiger partial charge is 0.409 e. The molecule has 0 radical (unpaired) electrons. The monoisotopic (exact) mass is 485 g/mol. The Balaban J connectivity index is 1.44. The maximum absolute atomic E-state index is 13.5. The molecule has 0 spiro atoms. The number of likely N-dealkylation sites (N-methyl/N-ethyl adjacent to an activating group) is 1. The predicted molar refractivity (Wildman–Crippen MR) is 133 cm³/mol. The lowest BCUT2D eigenvalue weighted by Gasteiger charge is -2.34. The molecule has 2 fully saturated rings. The molecule has 2 saturated heterocycles. The van der Waals surface area contributed by atoms with E-state index in [-0.39, 0.29) is 29.9 Å². The number of rotatable bonds is 5. The molecule has 2 amide bonds. The first-order valence-electron chi connectivity index (χ1n) is 11.8. The van der Waals surface area contributed by atoms with Crippen molar-refractivity contribution < 1.29 is 14.3 Å². The van der Waals surface area contributed by atoms with Gasteiger partial charge in [0.05, 0.1) is 24.5 Å². The van der Waals surface area contributed by atoms with Crippen LogP contribution in [-0.4, -0.2) is 72.7 Å². The number of aromatic nitrogens is 1. The number of amides is 2. The Kier molecular flexibility index (Phi) is 7.46. The van der Waals surface area contributed by atoms with Gasteiger partial charge in [-0.15, -0.1) is 0 Å². The average molecular weight is 486 g/mol. The maximum atomic E-state index is 13.5. The molecule has 2 aliphatic heterocycles. The number of halogens is 1. The standard InChI is InChI=1S/C25H32ClN5O3/c1-3-34-25(33)29(2)22-16-31(15-21(22)17-4-6-19(26)7-5-17)24(32)18-10-12-30(13-11-18)23-9-8-20(27)14-28-23/h4-9,14,18,21-22H,3,10-13,15-16,27H2,1-2H3/t21-,22+/m0/s1. The van der Waals surface area contributed by atoms with Crippen LogP contribution < -0.4 is 10.6 Å². The molecule has 182 valence electrons. The Hall–Kier alpha value is -3.00. The van der Waals surface area contributed by atoms with Crippen LogP contribution in [0.3, 0.4) is 0 Å². The van der Waals surface area contributed by atoms with Crippen molar-refractivity contribution in [2.24, 2.45) is 5.92 Å². The second kappa shape index (κ2) is 10.5. The SMILES string of the molecule is CCOC(=O)N(C)[C@@H]1CN(C(=O)C2CCN(c3ccc(N)cn3)CC2)C[C@H]1c1ccc(Cl)cc1. The van der Waals surface area contributed by atoms with Gasteiger partial charge in [-0.3, -0.25) is 4.79 Å². The summed E-state index contributed by atoms with van der Waals surface area (Å²) < 4.78 is 5.24. The van der Waals surface area contributed by atoms with E-state index in [0.29, 0.717) is 30.4 Å². The van der Waals surface area contributed by atoms with Crippen molar-refractivity contribution in [2.45, 2.75) is 31.7 Å². The average Bonchev–Trinajstić information content (AvgIpc) is 3.30. The molecule has 0 saturated carbocycles. The van der Waals surface area contributed by atoms with Crippen LogP contribution in [0, 0.1) is 5.92 Å². The van der Waals surface area contributed by atoms with Gasteiger partial charge in [0.15, 0.2) is 0 Å². The molecule has 1 aromatic heterocycles. The normalized spacial score (nSPS) is 20.9. The number of benzene rings is 1.